The second-order valence-corrected chi connectivity index (χ2v) is 7.04. The van der Waals surface area contributed by atoms with Crippen molar-refractivity contribution < 1.29 is 28.2 Å². The van der Waals surface area contributed by atoms with E-state index in [-0.39, 0.29) is 23.5 Å². The lowest BCUT2D eigenvalue weighted by atomic mass is 10.1. The zero-order valence-electron chi connectivity index (χ0n) is 16.6. The Labute approximate surface area is 181 Å². The van der Waals surface area contributed by atoms with Crippen LogP contribution in [0.4, 0.5) is 0 Å². The molecule has 0 aliphatic heterocycles. The van der Waals surface area contributed by atoms with Crippen LogP contribution in [0, 0.1) is 0 Å². The van der Waals surface area contributed by atoms with E-state index in [0.29, 0.717) is 28.2 Å². The summed E-state index contributed by atoms with van der Waals surface area (Å²) in [4.78, 5) is 23.6. The van der Waals surface area contributed by atoms with Crippen LogP contribution in [0.25, 0.3) is 21.7 Å². The van der Waals surface area contributed by atoms with Crippen LogP contribution in [0.5, 0.6) is 17.2 Å². The maximum atomic E-state index is 12.9. The topological polar surface area (TPSA) is 102 Å². The molecule has 2 heterocycles. The molecular formula is C25H15O7-. The van der Waals surface area contributed by atoms with Gasteiger partial charge < -0.3 is 28.2 Å². The van der Waals surface area contributed by atoms with Crippen LogP contribution in [0.3, 0.4) is 0 Å². The molecule has 0 aliphatic rings. The zero-order valence-corrected chi connectivity index (χ0v) is 16.6. The Kier molecular flexibility index (Phi) is 4.84. The van der Waals surface area contributed by atoms with Crippen LogP contribution in [-0.4, -0.2) is 5.97 Å². The molecule has 0 bridgehead atoms. The molecule has 0 radical (unpaired) electrons. The molecule has 0 saturated carbocycles. The molecular weight excluding hydrogens is 412 g/mol. The Morgan fingerprint density at radius 3 is 2.53 bits per heavy atom. The molecule has 5 rings (SSSR count). The minimum atomic E-state index is -1.40. The van der Waals surface area contributed by atoms with Gasteiger partial charge in [0.15, 0.2) is 0 Å². The van der Waals surface area contributed by atoms with Crippen molar-refractivity contribution >= 4 is 27.7 Å². The summed E-state index contributed by atoms with van der Waals surface area (Å²) < 4.78 is 22.1. The van der Waals surface area contributed by atoms with Gasteiger partial charge in [0.25, 0.3) is 0 Å². The van der Waals surface area contributed by atoms with Gasteiger partial charge in [-0.15, -0.1) is 0 Å². The highest BCUT2D eigenvalue weighted by Crippen LogP contribution is 2.27. The molecule has 0 spiro atoms. The summed E-state index contributed by atoms with van der Waals surface area (Å²) in [6.45, 7) is 0.00613. The van der Waals surface area contributed by atoms with Gasteiger partial charge in [0, 0.05) is 6.07 Å². The fraction of sp³-hybridized carbons (Fsp3) is 0.0400. The number of hydrogen-bond donors (Lipinski definition) is 0. The average molecular weight is 427 g/mol. The lowest BCUT2D eigenvalue weighted by Gasteiger charge is -2.08. The molecule has 0 unspecified atom stereocenters. The number of carbonyl (C=O) groups excluding carboxylic acids is 1. The van der Waals surface area contributed by atoms with E-state index in [0.717, 1.165) is 10.8 Å². The summed E-state index contributed by atoms with van der Waals surface area (Å²) in [7, 11) is 0. The molecule has 0 N–H and O–H groups in total. The molecule has 0 fully saturated rings. The first-order chi connectivity index (χ1) is 15.6. The van der Waals surface area contributed by atoms with E-state index in [4.69, 9.17) is 18.3 Å². The standard InChI is InChI=1S/C25H16O7/c26-24-20-9-7-17(29-13-19-8-10-21(32-19)25(27)28)12-22(20)30-14-23(24)31-18-6-5-15-3-1-2-4-16(15)11-18/h1-12,14H,13H2,(H,27,28)/p-1. The molecule has 5 aromatic rings. The SMILES string of the molecule is O=C([O-])c1ccc(COc2ccc3c(=O)c(Oc4ccc5ccccc5c4)coc3c2)o1. The number of carboxylic acid groups (broad SMARTS) is 1. The van der Waals surface area contributed by atoms with Gasteiger partial charge in [0.1, 0.15) is 47.4 Å². The Morgan fingerprint density at radius 1 is 0.906 bits per heavy atom. The minimum absolute atomic E-state index is 0.00613. The first-order valence-electron chi connectivity index (χ1n) is 9.72. The fourth-order valence-corrected chi connectivity index (χ4v) is 3.33. The zero-order chi connectivity index (χ0) is 22.1. The van der Waals surface area contributed by atoms with Gasteiger partial charge in [0.05, 0.1) is 5.39 Å². The third kappa shape index (κ3) is 3.79. The van der Waals surface area contributed by atoms with Crippen LogP contribution in [0.15, 0.2) is 92.7 Å². The maximum Gasteiger partial charge on any atom is 0.235 e. The number of ether oxygens (including phenoxy) is 2. The Hall–Kier alpha value is -4.52. The van der Waals surface area contributed by atoms with E-state index in [1.54, 1.807) is 24.3 Å². The predicted octanol–water partition coefficient (Wildman–Crippen LogP) is 4.27. The lowest BCUT2D eigenvalue weighted by Crippen LogP contribution is -2.21. The van der Waals surface area contributed by atoms with Gasteiger partial charge in [-0.1, -0.05) is 30.3 Å². The van der Waals surface area contributed by atoms with Gasteiger partial charge in [0.2, 0.25) is 11.2 Å². The van der Waals surface area contributed by atoms with Crippen molar-refractivity contribution in [2.24, 2.45) is 0 Å². The normalized spacial score (nSPS) is 11.0. The van der Waals surface area contributed by atoms with E-state index < -0.39 is 5.97 Å². The second kappa shape index (κ2) is 7.96. The highest BCUT2D eigenvalue weighted by molar-refractivity contribution is 5.84. The van der Waals surface area contributed by atoms with Crippen molar-refractivity contribution in [3.63, 3.8) is 0 Å². The Morgan fingerprint density at radius 2 is 1.72 bits per heavy atom. The highest BCUT2D eigenvalue weighted by atomic mass is 16.5. The van der Waals surface area contributed by atoms with Crippen LogP contribution < -0.4 is 20.0 Å². The number of fused-ring (bicyclic) bond motifs is 2. The van der Waals surface area contributed by atoms with E-state index in [1.807, 2.05) is 36.4 Å². The van der Waals surface area contributed by atoms with Crippen molar-refractivity contribution in [3.8, 4) is 17.2 Å². The van der Waals surface area contributed by atoms with Crippen molar-refractivity contribution in [2.45, 2.75) is 6.61 Å². The number of hydrogen-bond acceptors (Lipinski definition) is 7. The largest absolute Gasteiger partial charge is 0.542 e. The van der Waals surface area contributed by atoms with E-state index >= 15 is 0 Å². The maximum absolute atomic E-state index is 12.9. The molecule has 158 valence electrons. The number of rotatable bonds is 6. The smallest absolute Gasteiger partial charge is 0.235 e. The summed E-state index contributed by atoms with van der Waals surface area (Å²) in [5, 5.41) is 13.2. The molecule has 2 aromatic heterocycles. The average Bonchev–Trinajstić information content (AvgIpc) is 3.29. The van der Waals surface area contributed by atoms with E-state index in [9.17, 15) is 14.7 Å². The van der Waals surface area contributed by atoms with Crippen molar-refractivity contribution in [1.82, 2.24) is 0 Å². The monoisotopic (exact) mass is 427 g/mol. The molecule has 0 aliphatic carbocycles. The third-order valence-corrected chi connectivity index (χ3v) is 4.91. The number of carbonyl (C=O) groups is 1. The first-order valence-corrected chi connectivity index (χ1v) is 9.72. The van der Waals surface area contributed by atoms with Crippen LogP contribution >= 0.6 is 0 Å². The molecule has 32 heavy (non-hydrogen) atoms. The Bertz CT molecular complexity index is 1510. The number of benzene rings is 3. The van der Waals surface area contributed by atoms with Gasteiger partial charge in [-0.05, 0) is 47.2 Å². The van der Waals surface area contributed by atoms with Crippen LogP contribution in [0.2, 0.25) is 0 Å². The molecule has 7 nitrogen and oxygen atoms in total. The van der Waals surface area contributed by atoms with Crippen molar-refractivity contribution in [2.75, 3.05) is 0 Å². The number of furan rings is 1. The van der Waals surface area contributed by atoms with Gasteiger partial charge in [-0.25, -0.2) is 0 Å². The Balaban J connectivity index is 1.36. The molecule has 0 amide bonds. The van der Waals surface area contributed by atoms with Gasteiger partial charge in [-0.2, -0.15) is 0 Å². The van der Waals surface area contributed by atoms with Crippen LogP contribution in [0.1, 0.15) is 16.3 Å². The summed E-state index contributed by atoms with van der Waals surface area (Å²) >= 11 is 0. The van der Waals surface area contributed by atoms with Gasteiger partial charge in [-0.3, -0.25) is 4.79 Å². The van der Waals surface area contributed by atoms with E-state index in [1.165, 1.54) is 18.4 Å². The predicted molar refractivity (Wildman–Crippen MR) is 114 cm³/mol. The quantitative estimate of drug-likeness (QED) is 0.399. The molecule has 3 aromatic carbocycles. The third-order valence-electron chi connectivity index (χ3n) is 4.91. The molecule has 0 atom stereocenters. The summed E-state index contributed by atoms with van der Waals surface area (Å²) in [5.74, 6) is -0.311. The van der Waals surface area contributed by atoms with Crippen molar-refractivity contribution in [1.29, 1.82) is 0 Å². The summed E-state index contributed by atoms with van der Waals surface area (Å²) in [5.41, 5.74) is 0.0174. The number of carboxylic acids is 1. The number of aromatic carboxylic acids is 1. The lowest BCUT2D eigenvalue weighted by molar-refractivity contribution is -0.257. The highest BCUT2D eigenvalue weighted by Gasteiger charge is 2.11. The van der Waals surface area contributed by atoms with Crippen LogP contribution in [-0.2, 0) is 6.61 Å². The fourth-order valence-electron chi connectivity index (χ4n) is 3.33. The molecule has 0 saturated heterocycles. The van der Waals surface area contributed by atoms with Gasteiger partial charge >= 0.3 is 0 Å². The first kappa shape index (κ1) is 19.4. The summed E-state index contributed by atoms with van der Waals surface area (Å²) in [6, 6.07) is 21.0. The van der Waals surface area contributed by atoms with E-state index in [2.05, 4.69) is 0 Å². The minimum Gasteiger partial charge on any atom is -0.542 e. The molecule has 7 heteroatoms. The second-order valence-electron chi connectivity index (χ2n) is 7.04. The van der Waals surface area contributed by atoms with Crippen molar-refractivity contribution in [3.05, 3.63) is 101 Å². The summed E-state index contributed by atoms with van der Waals surface area (Å²) in [6.07, 6.45) is 1.27.